The third-order valence-corrected chi connectivity index (χ3v) is 4.95. The molecule has 0 aliphatic heterocycles. The van der Waals surface area contributed by atoms with E-state index in [-0.39, 0.29) is 23.6 Å². The van der Waals surface area contributed by atoms with Gasteiger partial charge in [-0.3, -0.25) is 9.59 Å². The topological polar surface area (TPSA) is 34.1 Å². The van der Waals surface area contributed by atoms with Gasteiger partial charge in [-0.2, -0.15) is 0 Å². The molecule has 0 spiro atoms. The lowest BCUT2D eigenvalue weighted by Gasteiger charge is -2.22. The van der Waals surface area contributed by atoms with Crippen molar-refractivity contribution in [3.8, 4) is 0 Å². The fourth-order valence-electron chi connectivity index (χ4n) is 3.60. The van der Waals surface area contributed by atoms with E-state index >= 15 is 0 Å². The normalized spacial score (nSPS) is 13.7. The zero-order valence-corrected chi connectivity index (χ0v) is 15.7. The monoisotopic (exact) mass is 364 g/mol. The predicted molar refractivity (Wildman–Crippen MR) is 113 cm³/mol. The number of fused-ring (bicyclic) bond motifs is 1. The van der Waals surface area contributed by atoms with Crippen molar-refractivity contribution >= 4 is 23.2 Å². The fraction of sp³-hybridized carbons (Fsp3) is 0.0769. The minimum absolute atomic E-state index is 0.127. The minimum Gasteiger partial charge on any atom is -0.294 e. The van der Waals surface area contributed by atoms with E-state index < -0.39 is 0 Å². The van der Waals surface area contributed by atoms with Crippen LogP contribution in [0.15, 0.2) is 90.5 Å². The Labute approximate surface area is 164 Å². The SMILES string of the molecule is Cc1ccc2c(c1)C(c1ccccc1)=C(C(=O)C=Cc1ccccc1)C(=O)C2. The van der Waals surface area contributed by atoms with E-state index in [1.54, 1.807) is 6.08 Å². The van der Waals surface area contributed by atoms with Crippen molar-refractivity contribution in [3.05, 3.63) is 118 Å². The van der Waals surface area contributed by atoms with Crippen molar-refractivity contribution in [2.75, 3.05) is 0 Å². The average molecular weight is 364 g/mol. The molecule has 0 aromatic heterocycles. The van der Waals surface area contributed by atoms with E-state index in [4.69, 9.17) is 0 Å². The molecule has 0 heterocycles. The second-order valence-corrected chi connectivity index (χ2v) is 6.98. The molecule has 2 nitrogen and oxygen atoms in total. The molecule has 28 heavy (non-hydrogen) atoms. The van der Waals surface area contributed by atoms with Crippen LogP contribution in [0.4, 0.5) is 0 Å². The van der Waals surface area contributed by atoms with E-state index in [1.807, 2.05) is 79.7 Å². The van der Waals surface area contributed by atoms with E-state index in [1.165, 1.54) is 6.08 Å². The van der Waals surface area contributed by atoms with Crippen molar-refractivity contribution < 1.29 is 9.59 Å². The van der Waals surface area contributed by atoms with E-state index in [2.05, 4.69) is 6.07 Å². The number of benzene rings is 3. The second-order valence-electron chi connectivity index (χ2n) is 6.98. The third-order valence-electron chi connectivity index (χ3n) is 4.95. The number of Topliss-reactive ketones (excluding diaryl/α,β-unsaturated/α-hetero) is 1. The number of ketones is 2. The summed E-state index contributed by atoms with van der Waals surface area (Å²) >= 11 is 0. The summed E-state index contributed by atoms with van der Waals surface area (Å²) < 4.78 is 0. The van der Waals surface area contributed by atoms with E-state index in [0.717, 1.165) is 33.4 Å². The summed E-state index contributed by atoms with van der Waals surface area (Å²) in [6, 6.07) is 25.4. The molecule has 0 fully saturated rings. The van der Waals surface area contributed by atoms with Crippen LogP contribution < -0.4 is 0 Å². The highest BCUT2D eigenvalue weighted by molar-refractivity contribution is 6.32. The summed E-state index contributed by atoms with van der Waals surface area (Å²) in [5.41, 5.74) is 5.87. The lowest BCUT2D eigenvalue weighted by Crippen LogP contribution is -2.21. The first-order valence-corrected chi connectivity index (χ1v) is 9.34. The van der Waals surface area contributed by atoms with Crippen molar-refractivity contribution in [1.82, 2.24) is 0 Å². The maximum absolute atomic E-state index is 13.1. The molecule has 0 amide bonds. The molecule has 1 aliphatic carbocycles. The van der Waals surface area contributed by atoms with Gasteiger partial charge in [0.25, 0.3) is 0 Å². The summed E-state index contributed by atoms with van der Waals surface area (Å²) in [6.07, 6.45) is 3.52. The Kier molecular flexibility index (Phi) is 4.86. The summed E-state index contributed by atoms with van der Waals surface area (Å²) in [5.74, 6) is -0.377. The molecule has 0 unspecified atom stereocenters. The van der Waals surface area contributed by atoms with Crippen LogP contribution >= 0.6 is 0 Å². The Hall–Kier alpha value is -3.52. The molecular weight excluding hydrogens is 344 g/mol. The molecule has 0 N–H and O–H groups in total. The Morgan fingerprint density at radius 1 is 0.893 bits per heavy atom. The number of carbonyl (C=O) groups is 2. The van der Waals surface area contributed by atoms with Crippen LogP contribution in [0.2, 0.25) is 0 Å². The van der Waals surface area contributed by atoms with E-state index in [0.29, 0.717) is 0 Å². The molecule has 4 rings (SSSR count). The van der Waals surface area contributed by atoms with Gasteiger partial charge in [0.1, 0.15) is 0 Å². The van der Waals surface area contributed by atoms with Crippen LogP contribution in [0, 0.1) is 6.92 Å². The first-order chi connectivity index (χ1) is 13.6. The van der Waals surface area contributed by atoms with Crippen LogP contribution in [0.25, 0.3) is 11.6 Å². The molecule has 0 radical (unpaired) electrons. The average Bonchev–Trinajstić information content (AvgIpc) is 2.73. The van der Waals surface area contributed by atoms with Crippen LogP contribution in [-0.4, -0.2) is 11.6 Å². The predicted octanol–water partition coefficient (Wildman–Crippen LogP) is 5.20. The van der Waals surface area contributed by atoms with Crippen LogP contribution in [-0.2, 0) is 16.0 Å². The fourth-order valence-corrected chi connectivity index (χ4v) is 3.60. The van der Waals surface area contributed by atoms with E-state index in [9.17, 15) is 9.59 Å². The standard InChI is InChI=1S/C26H20O2/c1-18-12-14-21-17-24(28)26(23(27)15-13-19-8-4-2-5-9-19)25(22(21)16-18)20-10-6-3-7-11-20/h2-16H,17H2,1H3. The van der Waals surface area contributed by atoms with Crippen molar-refractivity contribution in [2.24, 2.45) is 0 Å². The van der Waals surface area contributed by atoms with Crippen LogP contribution in [0.5, 0.6) is 0 Å². The zero-order valence-electron chi connectivity index (χ0n) is 15.7. The maximum Gasteiger partial charge on any atom is 0.190 e. The molecule has 1 aliphatic rings. The van der Waals surface area contributed by atoms with Gasteiger partial charge in [0, 0.05) is 12.0 Å². The quantitative estimate of drug-likeness (QED) is 0.471. The summed E-state index contributed by atoms with van der Waals surface area (Å²) in [7, 11) is 0. The minimum atomic E-state index is -0.250. The Bertz CT molecular complexity index is 1100. The van der Waals surface area contributed by atoms with Gasteiger partial charge in [-0.1, -0.05) is 90.5 Å². The lowest BCUT2D eigenvalue weighted by molar-refractivity contribution is -0.119. The molecule has 0 saturated heterocycles. The molecule has 3 aromatic carbocycles. The Balaban J connectivity index is 1.88. The highest BCUT2D eigenvalue weighted by atomic mass is 16.1. The molecule has 136 valence electrons. The number of allylic oxidation sites excluding steroid dienone is 2. The Morgan fingerprint density at radius 3 is 2.29 bits per heavy atom. The van der Waals surface area contributed by atoms with Gasteiger partial charge in [0.2, 0.25) is 0 Å². The van der Waals surface area contributed by atoms with Gasteiger partial charge in [0.05, 0.1) is 5.57 Å². The smallest absolute Gasteiger partial charge is 0.190 e. The highest BCUT2D eigenvalue weighted by Crippen LogP contribution is 2.35. The molecule has 0 atom stereocenters. The van der Waals surface area contributed by atoms with Crippen LogP contribution in [0.3, 0.4) is 0 Å². The summed E-state index contributed by atoms with van der Waals surface area (Å²) in [5, 5.41) is 0. The number of carbonyl (C=O) groups excluding carboxylic acids is 2. The molecule has 0 bridgehead atoms. The van der Waals surface area contributed by atoms with Gasteiger partial charge < -0.3 is 0 Å². The van der Waals surface area contributed by atoms with Crippen LogP contribution in [0.1, 0.15) is 27.8 Å². The van der Waals surface area contributed by atoms with Crippen molar-refractivity contribution in [1.29, 1.82) is 0 Å². The van der Waals surface area contributed by atoms with Crippen molar-refractivity contribution in [3.63, 3.8) is 0 Å². The number of rotatable bonds is 4. The first-order valence-electron chi connectivity index (χ1n) is 9.34. The van der Waals surface area contributed by atoms with Gasteiger partial charge >= 0.3 is 0 Å². The molecule has 2 heteroatoms. The van der Waals surface area contributed by atoms with Gasteiger partial charge in [-0.25, -0.2) is 0 Å². The number of aryl methyl sites for hydroxylation is 1. The second kappa shape index (κ2) is 7.61. The van der Waals surface area contributed by atoms with Crippen molar-refractivity contribution in [2.45, 2.75) is 13.3 Å². The zero-order chi connectivity index (χ0) is 19.5. The highest BCUT2D eigenvalue weighted by Gasteiger charge is 2.29. The number of hydrogen-bond donors (Lipinski definition) is 0. The first kappa shape index (κ1) is 17.9. The maximum atomic E-state index is 13.1. The third kappa shape index (κ3) is 3.49. The van der Waals surface area contributed by atoms with Gasteiger partial charge in [-0.15, -0.1) is 0 Å². The summed E-state index contributed by atoms with van der Waals surface area (Å²) in [4.78, 5) is 26.1. The van der Waals surface area contributed by atoms with Gasteiger partial charge in [-0.05, 0) is 35.3 Å². The summed E-state index contributed by atoms with van der Waals surface area (Å²) in [6.45, 7) is 2.02. The molecule has 0 saturated carbocycles. The Morgan fingerprint density at radius 2 is 1.57 bits per heavy atom. The van der Waals surface area contributed by atoms with Gasteiger partial charge in [0.15, 0.2) is 11.6 Å². The molecule has 3 aromatic rings. The molecular formula is C26H20O2. The lowest BCUT2D eigenvalue weighted by atomic mass is 9.79. The number of hydrogen-bond acceptors (Lipinski definition) is 2. The largest absolute Gasteiger partial charge is 0.294 e.